The molecule has 1 aromatic heterocycles. The Hall–Kier alpha value is -0.890. The van der Waals surface area contributed by atoms with Gasteiger partial charge in [-0.1, -0.05) is 0 Å². The van der Waals surface area contributed by atoms with Crippen LogP contribution in [0.2, 0.25) is 0 Å². The molecule has 0 bridgehead atoms. The molecule has 0 amide bonds. The Morgan fingerprint density at radius 2 is 1.73 bits per heavy atom. The van der Waals surface area contributed by atoms with E-state index in [2.05, 4.69) is 4.98 Å². The van der Waals surface area contributed by atoms with Crippen molar-refractivity contribution in [2.45, 2.75) is 26.9 Å². The number of pyridine rings is 1. The van der Waals surface area contributed by atoms with E-state index in [1.54, 1.807) is 6.92 Å². The summed E-state index contributed by atoms with van der Waals surface area (Å²) in [4.78, 5) is 4.21. The van der Waals surface area contributed by atoms with E-state index in [0.29, 0.717) is 0 Å². The Kier molecular flexibility index (Phi) is 2.25. The van der Waals surface area contributed by atoms with Crippen LogP contribution in [0.1, 0.15) is 30.0 Å². The normalized spacial score (nSPS) is 13.1. The molecule has 0 saturated carbocycles. The minimum Gasteiger partial charge on any atom is -0.389 e. The number of aliphatic hydroxyl groups is 1. The van der Waals surface area contributed by atoms with Crippen molar-refractivity contribution in [1.29, 1.82) is 0 Å². The predicted octanol–water partition coefficient (Wildman–Crippen LogP) is 1.75. The Balaban J connectivity index is 3.08. The molecule has 0 spiro atoms. The molecular formula is C9H13NO. The smallest absolute Gasteiger partial charge is 0.0763 e. The maximum atomic E-state index is 9.24. The first-order chi connectivity index (χ1) is 5.09. The lowest BCUT2D eigenvalue weighted by molar-refractivity contribution is 0.199. The highest BCUT2D eigenvalue weighted by atomic mass is 16.3. The number of aliphatic hydroxyl groups excluding tert-OH is 1. The van der Waals surface area contributed by atoms with Crippen LogP contribution in [0.15, 0.2) is 12.1 Å². The van der Waals surface area contributed by atoms with E-state index in [1.807, 2.05) is 26.0 Å². The van der Waals surface area contributed by atoms with Crippen molar-refractivity contribution >= 4 is 0 Å². The van der Waals surface area contributed by atoms with Gasteiger partial charge in [0.25, 0.3) is 0 Å². The first-order valence-corrected chi connectivity index (χ1v) is 3.73. The van der Waals surface area contributed by atoms with E-state index in [-0.39, 0.29) is 0 Å². The molecule has 0 aliphatic rings. The van der Waals surface area contributed by atoms with Crippen LogP contribution in [0.4, 0.5) is 0 Å². The molecule has 0 saturated heterocycles. The van der Waals surface area contributed by atoms with Gasteiger partial charge < -0.3 is 5.11 Å². The molecule has 0 fully saturated rings. The maximum absolute atomic E-state index is 9.24. The molecule has 2 nitrogen and oxygen atoms in total. The number of aryl methyl sites for hydroxylation is 2. The summed E-state index contributed by atoms with van der Waals surface area (Å²) >= 11 is 0. The number of nitrogens with zero attached hydrogens (tertiary/aromatic N) is 1. The van der Waals surface area contributed by atoms with Crippen molar-refractivity contribution in [3.05, 3.63) is 29.1 Å². The molecule has 0 aliphatic carbocycles. The fourth-order valence-corrected chi connectivity index (χ4v) is 1.11. The van der Waals surface area contributed by atoms with Gasteiger partial charge in [0.05, 0.1) is 6.10 Å². The Morgan fingerprint density at radius 3 is 2.09 bits per heavy atom. The largest absolute Gasteiger partial charge is 0.389 e. The van der Waals surface area contributed by atoms with Crippen LogP contribution < -0.4 is 0 Å². The summed E-state index contributed by atoms with van der Waals surface area (Å²) in [6, 6.07) is 3.80. The van der Waals surface area contributed by atoms with Crippen LogP contribution >= 0.6 is 0 Å². The quantitative estimate of drug-likeness (QED) is 0.663. The summed E-state index contributed by atoms with van der Waals surface area (Å²) in [5, 5.41) is 9.24. The van der Waals surface area contributed by atoms with Gasteiger partial charge in [-0.2, -0.15) is 0 Å². The fourth-order valence-electron chi connectivity index (χ4n) is 1.11. The van der Waals surface area contributed by atoms with Gasteiger partial charge in [-0.3, -0.25) is 4.98 Å². The number of rotatable bonds is 1. The molecule has 1 N–H and O–H groups in total. The summed E-state index contributed by atoms with van der Waals surface area (Å²) in [5.41, 5.74) is 2.86. The molecule has 1 rings (SSSR count). The van der Waals surface area contributed by atoms with Crippen LogP contribution in [0.3, 0.4) is 0 Å². The number of hydrogen-bond donors (Lipinski definition) is 1. The third-order valence-electron chi connectivity index (χ3n) is 1.59. The molecule has 1 atom stereocenters. The van der Waals surface area contributed by atoms with Gasteiger partial charge in [-0.05, 0) is 38.5 Å². The van der Waals surface area contributed by atoms with E-state index in [0.717, 1.165) is 17.0 Å². The molecule has 2 heteroatoms. The average Bonchev–Trinajstić information content (AvgIpc) is 1.85. The van der Waals surface area contributed by atoms with Crippen molar-refractivity contribution in [1.82, 2.24) is 4.98 Å². The van der Waals surface area contributed by atoms with Crippen molar-refractivity contribution in [3.63, 3.8) is 0 Å². The molecular weight excluding hydrogens is 138 g/mol. The van der Waals surface area contributed by atoms with Crippen LogP contribution in [-0.2, 0) is 0 Å². The molecule has 1 heterocycles. The van der Waals surface area contributed by atoms with Gasteiger partial charge in [0.1, 0.15) is 0 Å². The van der Waals surface area contributed by atoms with Crippen LogP contribution in [0.5, 0.6) is 0 Å². The first-order valence-electron chi connectivity index (χ1n) is 3.73. The Labute approximate surface area is 66.9 Å². The molecule has 60 valence electrons. The Bertz CT molecular complexity index is 235. The third kappa shape index (κ3) is 2.02. The fraction of sp³-hybridized carbons (Fsp3) is 0.444. The SMILES string of the molecule is Cc1cc(C(C)O)cc(C)n1. The zero-order valence-electron chi connectivity index (χ0n) is 7.13. The summed E-state index contributed by atoms with van der Waals surface area (Å²) in [5.74, 6) is 0. The lowest BCUT2D eigenvalue weighted by atomic mass is 10.1. The van der Waals surface area contributed by atoms with Crippen molar-refractivity contribution in [2.75, 3.05) is 0 Å². The topological polar surface area (TPSA) is 33.1 Å². The summed E-state index contributed by atoms with van der Waals surface area (Å²) in [6.07, 6.45) is -0.393. The van der Waals surface area contributed by atoms with E-state index < -0.39 is 6.10 Å². The van der Waals surface area contributed by atoms with Crippen molar-refractivity contribution < 1.29 is 5.11 Å². The van der Waals surface area contributed by atoms with Gasteiger partial charge in [0, 0.05) is 11.4 Å². The summed E-state index contributed by atoms with van der Waals surface area (Å²) < 4.78 is 0. The number of aromatic nitrogens is 1. The van der Waals surface area contributed by atoms with E-state index >= 15 is 0 Å². The van der Waals surface area contributed by atoms with Crippen molar-refractivity contribution in [2.24, 2.45) is 0 Å². The second-order valence-electron chi connectivity index (χ2n) is 2.86. The second-order valence-corrected chi connectivity index (χ2v) is 2.86. The molecule has 1 aromatic rings. The van der Waals surface area contributed by atoms with Gasteiger partial charge in [0.2, 0.25) is 0 Å². The van der Waals surface area contributed by atoms with Gasteiger partial charge >= 0.3 is 0 Å². The second kappa shape index (κ2) is 3.01. The van der Waals surface area contributed by atoms with Crippen molar-refractivity contribution in [3.8, 4) is 0 Å². The van der Waals surface area contributed by atoms with E-state index in [9.17, 15) is 5.11 Å². The molecule has 1 unspecified atom stereocenters. The molecule has 11 heavy (non-hydrogen) atoms. The third-order valence-corrected chi connectivity index (χ3v) is 1.59. The first kappa shape index (κ1) is 8.21. The van der Waals surface area contributed by atoms with E-state index in [1.165, 1.54) is 0 Å². The van der Waals surface area contributed by atoms with Gasteiger partial charge in [-0.15, -0.1) is 0 Å². The predicted molar refractivity (Wildman–Crippen MR) is 44.3 cm³/mol. The van der Waals surface area contributed by atoms with Crippen LogP contribution in [0, 0.1) is 13.8 Å². The Morgan fingerprint density at radius 1 is 1.27 bits per heavy atom. The van der Waals surface area contributed by atoms with E-state index in [4.69, 9.17) is 0 Å². The van der Waals surface area contributed by atoms with Crippen LogP contribution in [0.25, 0.3) is 0 Å². The minimum absolute atomic E-state index is 0.393. The number of hydrogen-bond acceptors (Lipinski definition) is 2. The lowest BCUT2D eigenvalue weighted by Crippen LogP contribution is -1.95. The highest BCUT2D eigenvalue weighted by molar-refractivity contribution is 5.21. The highest BCUT2D eigenvalue weighted by Gasteiger charge is 2.01. The molecule has 0 aromatic carbocycles. The van der Waals surface area contributed by atoms with Gasteiger partial charge in [0.15, 0.2) is 0 Å². The van der Waals surface area contributed by atoms with Crippen LogP contribution in [-0.4, -0.2) is 10.1 Å². The molecule has 0 aliphatic heterocycles. The monoisotopic (exact) mass is 151 g/mol. The molecule has 0 radical (unpaired) electrons. The van der Waals surface area contributed by atoms with Gasteiger partial charge in [-0.25, -0.2) is 0 Å². The lowest BCUT2D eigenvalue weighted by Gasteiger charge is -2.05. The summed E-state index contributed by atoms with van der Waals surface area (Å²) in [7, 11) is 0. The highest BCUT2D eigenvalue weighted by Crippen LogP contribution is 2.13. The maximum Gasteiger partial charge on any atom is 0.0763 e. The average molecular weight is 151 g/mol. The standard InChI is InChI=1S/C9H13NO/c1-6-4-9(8(3)11)5-7(2)10-6/h4-5,8,11H,1-3H3. The zero-order valence-corrected chi connectivity index (χ0v) is 7.13. The zero-order chi connectivity index (χ0) is 8.43. The summed E-state index contributed by atoms with van der Waals surface area (Å²) in [6.45, 7) is 5.62. The minimum atomic E-state index is -0.393.